The van der Waals surface area contributed by atoms with Crippen molar-refractivity contribution < 1.29 is 39.8 Å². The highest BCUT2D eigenvalue weighted by molar-refractivity contribution is 7.99. The Bertz CT molecular complexity index is 1530. The van der Waals surface area contributed by atoms with Gasteiger partial charge in [0, 0.05) is 58.8 Å². The van der Waals surface area contributed by atoms with Crippen LogP contribution in [0.5, 0.6) is 5.75 Å². The first-order valence-electron chi connectivity index (χ1n) is 16.5. The standard InChI is InChI=1S/C35H45ClN4O8S/c36-28-8-7-24(49-16-15-47-14-13-38-34(46)39-20-29(42)32(44)33(45)30(43)21-41)17-22(28)18-40-35(10-11-35)27-19-37-12-9-25(27)26-3-1-2-4-31(26)48-23-5-6-23/h1-4,7-9,12,17,19,23,29-30,32-33,40-45H,5-6,10-11,13-16,18,20-21H2,(H2,38,39,46). The fourth-order valence-corrected chi connectivity index (χ4v) is 6.39. The van der Waals surface area contributed by atoms with Crippen LogP contribution >= 0.6 is 23.4 Å². The van der Waals surface area contributed by atoms with Gasteiger partial charge in [0.15, 0.2) is 0 Å². The minimum Gasteiger partial charge on any atom is -0.490 e. The van der Waals surface area contributed by atoms with Gasteiger partial charge < -0.3 is 51.0 Å². The van der Waals surface area contributed by atoms with Crippen molar-refractivity contribution in [1.82, 2.24) is 20.9 Å². The molecule has 0 radical (unpaired) electrons. The van der Waals surface area contributed by atoms with E-state index in [4.69, 9.17) is 26.2 Å². The monoisotopic (exact) mass is 716 g/mol. The molecule has 4 atom stereocenters. The first kappa shape index (κ1) is 37.3. The van der Waals surface area contributed by atoms with E-state index in [1.165, 1.54) is 5.56 Å². The van der Waals surface area contributed by atoms with Crippen molar-refractivity contribution in [2.24, 2.45) is 0 Å². The van der Waals surface area contributed by atoms with Crippen molar-refractivity contribution in [1.29, 1.82) is 0 Å². The smallest absolute Gasteiger partial charge is 0.314 e. The van der Waals surface area contributed by atoms with Crippen molar-refractivity contribution in [3.05, 3.63) is 77.1 Å². The predicted molar refractivity (Wildman–Crippen MR) is 187 cm³/mol. The van der Waals surface area contributed by atoms with Crippen LogP contribution in [0.1, 0.15) is 36.8 Å². The summed E-state index contributed by atoms with van der Waals surface area (Å²) in [5.41, 5.74) is 4.21. The molecule has 5 rings (SSSR count). The summed E-state index contributed by atoms with van der Waals surface area (Å²) in [4.78, 5) is 17.5. The number of nitrogens with zero attached hydrogens (tertiary/aromatic N) is 1. The van der Waals surface area contributed by atoms with E-state index < -0.39 is 37.1 Å². The first-order valence-corrected chi connectivity index (χ1v) is 17.9. The molecule has 2 fully saturated rings. The number of thioether (sulfide) groups is 1. The van der Waals surface area contributed by atoms with E-state index in [2.05, 4.69) is 39.1 Å². The molecule has 2 aliphatic rings. The number of nitrogens with one attached hydrogen (secondary N) is 3. The Balaban J connectivity index is 1.04. The molecular formula is C35H45ClN4O8S. The summed E-state index contributed by atoms with van der Waals surface area (Å²) in [6, 6.07) is 15.7. The summed E-state index contributed by atoms with van der Waals surface area (Å²) >= 11 is 8.27. The van der Waals surface area contributed by atoms with Gasteiger partial charge in [-0.15, -0.1) is 11.8 Å². The predicted octanol–water partition coefficient (Wildman–Crippen LogP) is 2.57. The molecule has 0 spiro atoms. The number of pyridine rings is 1. The minimum atomic E-state index is -1.76. The Morgan fingerprint density at radius 2 is 1.78 bits per heavy atom. The number of rotatable bonds is 20. The van der Waals surface area contributed by atoms with Crippen LogP contribution < -0.4 is 20.7 Å². The van der Waals surface area contributed by atoms with E-state index in [0.717, 1.165) is 53.0 Å². The minimum absolute atomic E-state index is 0.186. The normalized spacial score (nSPS) is 17.5. The molecule has 0 saturated heterocycles. The topological polar surface area (TPSA) is 186 Å². The molecule has 12 nitrogen and oxygen atoms in total. The van der Waals surface area contributed by atoms with Crippen LogP contribution in [0, 0.1) is 0 Å². The maximum absolute atomic E-state index is 11.9. The number of para-hydroxylation sites is 1. The molecule has 8 N–H and O–H groups in total. The van der Waals surface area contributed by atoms with Gasteiger partial charge in [-0.25, -0.2) is 4.79 Å². The van der Waals surface area contributed by atoms with Gasteiger partial charge in [-0.2, -0.15) is 0 Å². The van der Waals surface area contributed by atoms with Crippen LogP contribution in [0.2, 0.25) is 5.02 Å². The van der Waals surface area contributed by atoms with Crippen LogP contribution in [-0.2, 0) is 16.8 Å². The third-order valence-corrected chi connectivity index (χ3v) is 9.87. The van der Waals surface area contributed by atoms with Gasteiger partial charge in [0.2, 0.25) is 0 Å². The second kappa shape index (κ2) is 17.8. The third-order valence-electron chi connectivity index (χ3n) is 8.54. The number of hydrogen-bond donors (Lipinski definition) is 8. The average Bonchev–Trinajstić information content (AvgIpc) is 4.07. The van der Waals surface area contributed by atoms with Crippen LogP contribution in [0.3, 0.4) is 0 Å². The van der Waals surface area contributed by atoms with Crippen LogP contribution in [0.15, 0.2) is 65.8 Å². The second-order valence-electron chi connectivity index (χ2n) is 12.3. The van der Waals surface area contributed by atoms with Crippen molar-refractivity contribution in [3.63, 3.8) is 0 Å². The lowest BCUT2D eigenvalue weighted by molar-refractivity contribution is -0.113. The maximum atomic E-state index is 11.9. The Kier molecular flexibility index (Phi) is 13.5. The van der Waals surface area contributed by atoms with E-state index in [1.807, 2.05) is 42.7 Å². The molecular weight excluding hydrogens is 672 g/mol. The molecule has 2 amide bonds. The summed E-state index contributed by atoms with van der Waals surface area (Å²) in [5, 5.41) is 57.0. The van der Waals surface area contributed by atoms with Crippen LogP contribution in [-0.4, -0.2) is 106 Å². The van der Waals surface area contributed by atoms with Crippen LogP contribution in [0.4, 0.5) is 4.79 Å². The number of aliphatic hydroxyl groups is 5. The summed E-state index contributed by atoms with van der Waals surface area (Å²) in [7, 11) is 0. The Hall–Kier alpha value is -2.98. The SMILES string of the molecule is O=C(NCCOCCSc1ccc(Cl)c(CNC2(c3cnccc3-c3ccccc3OC3CC3)CC2)c1)NCC(O)C(O)C(O)C(O)CO. The Morgan fingerprint density at radius 3 is 2.53 bits per heavy atom. The molecule has 3 aromatic rings. The van der Waals surface area contributed by atoms with Gasteiger partial charge >= 0.3 is 6.03 Å². The number of urea groups is 1. The van der Waals surface area contributed by atoms with E-state index >= 15 is 0 Å². The highest BCUT2D eigenvalue weighted by Crippen LogP contribution is 2.50. The first-order chi connectivity index (χ1) is 23.7. The van der Waals surface area contributed by atoms with Crippen molar-refractivity contribution in [3.8, 4) is 16.9 Å². The summed E-state index contributed by atoms with van der Waals surface area (Å²) in [5.74, 6) is 1.61. The lowest BCUT2D eigenvalue weighted by Gasteiger charge is -2.25. The summed E-state index contributed by atoms with van der Waals surface area (Å²) in [6.07, 6.45) is 1.67. The van der Waals surface area contributed by atoms with Crippen molar-refractivity contribution in [2.75, 3.05) is 38.7 Å². The molecule has 1 heterocycles. The molecule has 4 unspecified atom stereocenters. The lowest BCUT2D eigenvalue weighted by Crippen LogP contribution is -2.50. The molecule has 1 aromatic heterocycles. The summed E-state index contributed by atoms with van der Waals surface area (Å²) in [6.45, 7) is 0.404. The molecule has 2 saturated carbocycles. The van der Waals surface area contributed by atoms with E-state index in [1.54, 1.807) is 11.8 Å². The zero-order valence-electron chi connectivity index (χ0n) is 27.1. The third kappa shape index (κ3) is 10.5. The van der Waals surface area contributed by atoms with Gasteiger partial charge in [0.25, 0.3) is 0 Å². The van der Waals surface area contributed by atoms with E-state index in [0.29, 0.717) is 30.0 Å². The molecule has 14 heteroatoms. The van der Waals surface area contributed by atoms with Crippen LogP contribution in [0.25, 0.3) is 11.1 Å². The molecule has 2 aliphatic carbocycles. The van der Waals surface area contributed by atoms with E-state index in [9.17, 15) is 25.2 Å². The molecule has 0 aliphatic heterocycles. The number of benzene rings is 2. The zero-order valence-corrected chi connectivity index (χ0v) is 28.7. The second-order valence-corrected chi connectivity index (χ2v) is 13.9. The number of aliphatic hydroxyl groups excluding tert-OH is 5. The number of hydrogen-bond acceptors (Lipinski definition) is 11. The fraction of sp³-hybridized carbons (Fsp3) is 0.486. The number of carbonyl (C=O) groups is 1. The molecule has 2 aromatic carbocycles. The van der Waals surface area contributed by atoms with Gasteiger partial charge in [-0.05, 0) is 72.7 Å². The van der Waals surface area contributed by atoms with Crippen molar-refractivity contribution >= 4 is 29.4 Å². The largest absolute Gasteiger partial charge is 0.490 e. The van der Waals surface area contributed by atoms with Gasteiger partial charge in [-0.1, -0.05) is 29.8 Å². The van der Waals surface area contributed by atoms with Gasteiger partial charge in [-0.3, -0.25) is 4.98 Å². The highest BCUT2D eigenvalue weighted by atomic mass is 35.5. The Morgan fingerprint density at radius 1 is 1.00 bits per heavy atom. The quantitative estimate of drug-likeness (QED) is 0.0635. The number of halogens is 1. The molecule has 49 heavy (non-hydrogen) atoms. The highest BCUT2D eigenvalue weighted by Gasteiger charge is 2.46. The van der Waals surface area contributed by atoms with Gasteiger partial charge in [0.1, 0.15) is 24.1 Å². The number of amides is 2. The molecule has 266 valence electrons. The fourth-order valence-electron chi connectivity index (χ4n) is 5.38. The molecule has 0 bridgehead atoms. The van der Waals surface area contributed by atoms with Crippen molar-refractivity contribution in [2.45, 2.75) is 73.2 Å². The number of ether oxygens (including phenoxy) is 2. The average molecular weight is 717 g/mol. The van der Waals surface area contributed by atoms with E-state index in [-0.39, 0.29) is 25.2 Å². The summed E-state index contributed by atoms with van der Waals surface area (Å²) < 4.78 is 11.9. The van der Waals surface area contributed by atoms with Gasteiger partial charge in [0.05, 0.1) is 32.0 Å². The number of carbonyl (C=O) groups excluding carboxylic acids is 1. The maximum Gasteiger partial charge on any atom is 0.314 e. The Labute approximate surface area is 295 Å². The zero-order chi connectivity index (χ0) is 34.8. The number of aromatic nitrogens is 1. The lowest BCUT2D eigenvalue weighted by atomic mass is 9.94.